The SMILES string of the molecule is COC(=O)CCCC(=O)Nc1cc2c(Nc3nc(N4CCOCC4)cc(N4CCOCC4)n3)ncnc2cc1OC. The van der Waals surface area contributed by atoms with Crippen molar-refractivity contribution in [2.75, 3.05) is 87.3 Å². The van der Waals surface area contributed by atoms with E-state index in [0.29, 0.717) is 67.0 Å². The molecular formula is C27H34N8O6. The van der Waals surface area contributed by atoms with Crippen LogP contribution in [-0.2, 0) is 23.8 Å². The first-order valence-corrected chi connectivity index (χ1v) is 13.5. The number of methoxy groups -OCH3 is 2. The number of hydrogen-bond donors (Lipinski definition) is 2. The van der Waals surface area contributed by atoms with Crippen LogP contribution in [0.1, 0.15) is 19.3 Å². The Hall–Kier alpha value is -4.30. The number of fused-ring (bicyclic) bond motifs is 1. The van der Waals surface area contributed by atoms with Gasteiger partial charge in [0.25, 0.3) is 0 Å². The summed E-state index contributed by atoms with van der Waals surface area (Å²) in [5.41, 5.74) is 1.07. The van der Waals surface area contributed by atoms with Crippen LogP contribution in [0.15, 0.2) is 24.5 Å². The number of benzene rings is 1. The van der Waals surface area contributed by atoms with Crippen LogP contribution in [0.25, 0.3) is 10.9 Å². The Morgan fingerprint density at radius 2 is 1.56 bits per heavy atom. The van der Waals surface area contributed by atoms with Crippen LogP contribution < -0.4 is 25.2 Å². The van der Waals surface area contributed by atoms with Crippen molar-refractivity contribution < 1.29 is 28.5 Å². The quantitative estimate of drug-likeness (QED) is 0.345. The number of rotatable bonds is 10. The maximum Gasteiger partial charge on any atom is 0.305 e. The number of carbonyl (C=O) groups is 2. The minimum Gasteiger partial charge on any atom is -0.494 e. The Morgan fingerprint density at radius 1 is 0.902 bits per heavy atom. The second-order valence-corrected chi connectivity index (χ2v) is 9.50. The number of aromatic nitrogens is 4. The van der Waals surface area contributed by atoms with Gasteiger partial charge in [-0.15, -0.1) is 0 Å². The monoisotopic (exact) mass is 566 g/mol. The summed E-state index contributed by atoms with van der Waals surface area (Å²) in [6.45, 7) is 5.47. The Kier molecular flexibility index (Phi) is 9.21. The van der Waals surface area contributed by atoms with E-state index in [-0.39, 0.29) is 24.7 Å². The van der Waals surface area contributed by atoms with Crippen LogP contribution in [0.4, 0.5) is 29.1 Å². The molecule has 14 heteroatoms. The first-order chi connectivity index (χ1) is 20.0. The van der Waals surface area contributed by atoms with Gasteiger partial charge in [-0.05, 0) is 12.5 Å². The number of ether oxygens (including phenoxy) is 4. The Balaban J connectivity index is 1.43. The van der Waals surface area contributed by atoms with Crippen LogP contribution in [0.3, 0.4) is 0 Å². The van der Waals surface area contributed by atoms with Crippen molar-refractivity contribution in [3.63, 3.8) is 0 Å². The third-order valence-electron chi connectivity index (χ3n) is 6.84. The average Bonchev–Trinajstić information content (AvgIpc) is 3.01. The summed E-state index contributed by atoms with van der Waals surface area (Å²) in [7, 11) is 2.84. The Morgan fingerprint density at radius 3 is 2.17 bits per heavy atom. The van der Waals surface area contributed by atoms with Crippen molar-refractivity contribution in [1.82, 2.24) is 19.9 Å². The van der Waals surface area contributed by atoms with Gasteiger partial charge in [-0.25, -0.2) is 9.97 Å². The molecule has 2 fully saturated rings. The molecule has 5 rings (SSSR count). The van der Waals surface area contributed by atoms with Crippen molar-refractivity contribution in [1.29, 1.82) is 0 Å². The molecule has 2 aromatic heterocycles. The molecule has 0 radical (unpaired) electrons. The minimum atomic E-state index is -0.356. The third kappa shape index (κ3) is 7.08. The van der Waals surface area contributed by atoms with Crippen molar-refractivity contribution in [2.45, 2.75) is 19.3 Å². The summed E-state index contributed by atoms with van der Waals surface area (Å²) >= 11 is 0. The largest absolute Gasteiger partial charge is 0.494 e. The molecule has 2 N–H and O–H groups in total. The van der Waals surface area contributed by atoms with Gasteiger partial charge in [0.1, 0.15) is 29.5 Å². The predicted molar refractivity (Wildman–Crippen MR) is 152 cm³/mol. The van der Waals surface area contributed by atoms with E-state index in [9.17, 15) is 9.59 Å². The second-order valence-electron chi connectivity index (χ2n) is 9.50. The van der Waals surface area contributed by atoms with Crippen LogP contribution >= 0.6 is 0 Å². The molecule has 1 aromatic carbocycles. The van der Waals surface area contributed by atoms with Gasteiger partial charge in [0, 0.05) is 56.5 Å². The molecule has 218 valence electrons. The molecule has 0 unspecified atom stereocenters. The first-order valence-electron chi connectivity index (χ1n) is 13.5. The van der Waals surface area contributed by atoms with Crippen molar-refractivity contribution in [2.24, 2.45) is 0 Å². The molecule has 4 heterocycles. The first kappa shape index (κ1) is 28.2. The predicted octanol–water partition coefficient (Wildman–Crippen LogP) is 2.13. The number of carbonyl (C=O) groups excluding carboxylic acids is 2. The minimum absolute atomic E-state index is 0.152. The van der Waals surface area contributed by atoms with Crippen LogP contribution in [-0.4, -0.2) is 98.6 Å². The lowest BCUT2D eigenvalue weighted by Gasteiger charge is -2.31. The molecule has 0 saturated carbocycles. The van der Waals surface area contributed by atoms with Gasteiger partial charge >= 0.3 is 5.97 Å². The van der Waals surface area contributed by atoms with E-state index >= 15 is 0 Å². The lowest BCUT2D eigenvalue weighted by atomic mass is 10.1. The summed E-state index contributed by atoms with van der Waals surface area (Å²) in [6, 6.07) is 5.48. The Bertz CT molecular complexity index is 1340. The fourth-order valence-electron chi connectivity index (χ4n) is 4.65. The molecule has 2 aliphatic rings. The molecule has 0 spiro atoms. The maximum absolute atomic E-state index is 12.6. The lowest BCUT2D eigenvalue weighted by Crippen LogP contribution is -2.39. The average molecular weight is 567 g/mol. The Labute approximate surface area is 237 Å². The van der Waals surface area contributed by atoms with Gasteiger partial charge in [-0.1, -0.05) is 0 Å². The highest BCUT2D eigenvalue weighted by Crippen LogP contribution is 2.33. The summed E-state index contributed by atoms with van der Waals surface area (Å²) in [5, 5.41) is 6.80. The number of amides is 1. The van der Waals surface area contributed by atoms with E-state index in [1.165, 1.54) is 20.5 Å². The highest BCUT2D eigenvalue weighted by molar-refractivity contribution is 5.99. The molecule has 2 saturated heterocycles. The van der Waals surface area contributed by atoms with Gasteiger partial charge < -0.3 is 39.4 Å². The highest BCUT2D eigenvalue weighted by atomic mass is 16.5. The van der Waals surface area contributed by atoms with E-state index in [2.05, 4.69) is 35.1 Å². The molecule has 0 aliphatic carbocycles. The van der Waals surface area contributed by atoms with Gasteiger partial charge in [-0.3, -0.25) is 9.59 Å². The van der Waals surface area contributed by atoms with Crippen LogP contribution in [0.2, 0.25) is 0 Å². The van der Waals surface area contributed by atoms with Gasteiger partial charge in [0.2, 0.25) is 11.9 Å². The van der Waals surface area contributed by atoms with E-state index in [1.807, 2.05) is 6.07 Å². The van der Waals surface area contributed by atoms with Gasteiger partial charge in [0.05, 0.1) is 51.9 Å². The molecule has 41 heavy (non-hydrogen) atoms. The zero-order valence-electron chi connectivity index (χ0n) is 23.2. The van der Waals surface area contributed by atoms with Crippen molar-refractivity contribution in [3.05, 3.63) is 24.5 Å². The molecule has 1 amide bonds. The summed E-state index contributed by atoms with van der Waals surface area (Å²) < 4.78 is 21.2. The van der Waals surface area contributed by atoms with E-state index < -0.39 is 0 Å². The second kappa shape index (κ2) is 13.4. The standard InChI is InChI=1S/C27H34N8O6/c1-38-21-15-19-18(14-20(21)30-24(36)4-3-5-25(37)39-2)26(29-17-28-19)33-27-31-22(34-6-10-40-11-7-34)16-23(32-27)35-8-12-41-13-9-35/h14-17H,3-13H2,1-2H3,(H,30,36)(H,28,29,31,32,33). The fourth-order valence-corrected chi connectivity index (χ4v) is 4.65. The zero-order valence-corrected chi connectivity index (χ0v) is 23.2. The normalized spacial score (nSPS) is 15.5. The summed E-state index contributed by atoms with van der Waals surface area (Å²) in [5.74, 6) is 2.30. The van der Waals surface area contributed by atoms with E-state index in [1.54, 1.807) is 12.1 Å². The molecule has 14 nitrogen and oxygen atoms in total. The molecular weight excluding hydrogens is 532 g/mol. The summed E-state index contributed by atoms with van der Waals surface area (Å²) in [4.78, 5) is 46.8. The number of nitrogens with one attached hydrogen (secondary N) is 2. The molecule has 0 atom stereocenters. The fraction of sp³-hybridized carbons (Fsp3) is 0.481. The number of morpholine rings is 2. The number of anilines is 5. The van der Waals surface area contributed by atoms with Crippen LogP contribution in [0, 0.1) is 0 Å². The third-order valence-corrected chi connectivity index (χ3v) is 6.84. The highest BCUT2D eigenvalue weighted by Gasteiger charge is 2.20. The smallest absolute Gasteiger partial charge is 0.305 e. The van der Waals surface area contributed by atoms with Crippen molar-refractivity contribution >= 4 is 51.9 Å². The van der Waals surface area contributed by atoms with E-state index in [4.69, 9.17) is 24.2 Å². The number of esters is 1. The van der Waals surface area contributed by atoms with Gasteiger partial charge in [0.15, 0.2) is 0 Å². The summed E-state index contributed by atoms with van der Waals surface area (Å²) in [6.07, 6.45) is 2.13. The van der Waals surface area contributed by atoms with E-state index in [0.717, 1.165) is 37.8 Å². The molecule has 0 bridgehead atoms. The molecule has 2 aliphatic heterocycles. The van der Waals surface area contributed by atoms with Gasteiger partial charge in [-0.2, -0.15) is 9.97 Å². The number of nitrogens with zero attached hydrogens (tertiary/aromatic N) is 6. The van der Waals surface area contributed by atoms with Crippen molar-refractivity contribution in [3.8, 4) is 5.75 Å². The zero-order chi connectivity index (χ0) is 28.6. The lowest BCUT2D eigenvalue weighted by molar-refractivity contribution is -0.140. The maximum atomic E-state index is 12.6. The topological polar surface area (TPSA) is 153 Å². The number of hydrogen-bond acceptors (Lipinski definition) is 13. The van der Waals surface area contributed by atoms with Crippen LogP contribution in [0.5, 0.6) is 5.75 Å². The molecule has 3 aromatic rings.